The zero-order valence-corrected chi connectivity index (χ0v) is 22.3. The van der Waals surface area contributed by atoms with Crippen LogP contribution in [0.5, 0.6) is 0 Å². The third kappa shape index (κ3) is 7.30. The van der Waals surface area contributed by atoms with Crippen molar-refractivity contribution in [1.82, 2.24) is 10.2 Å². The molecule has 0 fully saturated rings. The Morgan fingerprint density at radius 2 is 1.51 bits per heavy atom. The number of sulfonamides is 1. The molecule has 0 radical (unpaired) electrons. The van der Waals surface area contributed by atoms with Crippen molar-refractivity contribution in [2.75, 3.05) is 10.8 Å². The van der Waals surface area contributed by atoms with E-state index in [2.05, 4.69) is 5.32 Å². The number of halogens is 2. The summed E-state index contributed by atoms with van der Waals surface area (Å²) in [5.74, 6) is -1.54. The molecule has 0 spiro atoms. The Bertz CT molecular complexity index is 1320. The topological polar surface area (TPSA) is 86.8 Å². The SMILES string of the molecule is CC(C)NC(=O)C(C)N(Cc1ccc(Cl)cc1)C(=O)CN(c1ccccc1)S(=O)(=O)c1ccc(F)cc1. The van der Waals surface area contributed by atoms with Crippen molar-refractivity contribution in [3.63, 3.8) is 0 Å². The van der Waals surface area contributed by atoms with Crippen LogP contribution in [-0.2, 0) is 26.2 Å². The van der Waals surface area contributed by atoms with E-state index in [0.717, 1.165) is 34.1 Å². The van der Waals surface area contributed by atoms with Crippen LogP contribution in [0.25, 0.3) is 0 Å². The molecule has 3 aromatic rings. The van der Waals surface area contributed by atoms with Crippen molar-refractivity contribution >= 4 is 39.1 Å². The monoisotopic (exact) mass is 545 g/mol. The highest BCUT2D eigenvalue weighted by Crippen LogP contribution is 2.24. The molecule has 1 atom stereocenters. The Kier molecular flexibility index (Phi) is 9.29. The van der Waals surface area contributed by atoms with Crippen LogP contribution in [0.2, 0.25) is 5.02 Å². The number of nitrogens with one attached hydrogen (secondary N) is 1. The van der Waals surface area contributed by atoms with Crippen LogP contribution in [0, 0.1) is 5.82 Å². The Morgan fingerprint density at radius 3 is 2.08 bits per heavy atom. The van der Waals surface area contributed by atoms with Crippen LogP contribution in [0.1, 0.15) is 26.3 Å². The van der Waals surface area contributed by atoms with E-state index in [-0.39, 0.29) is 29.1 Å². The van der Waals surface area contributed by atoms with E-state index in [1.807, 2.05) is 13.8 Å². The van der Waals surface area contributed by atoms with E-state index in [9.17, 15) is 22.4 Å². The molecule has 0 aliphatic rings. The molecule has 0 saturated heterocycles. The number of benzene rings is 3. The van der Waals surface area contributed by atoms with Gasteiger partial charge in [-0.2, -0.15) is 0 Å². The molecule has 3 rings (SSSR count). The van der Waals surface area contributed by atoms with Crippen LogP contribution in [-0.4, -0.2) is 43.8 Å². The van der Waals surface area contributed by atoms with Crippen LogP contribution in [0.3, 0.4) is 0 Å². The highest BCUT2D eigenvalue weighted by molar-refractivity contribution is 7.92. The second-order valence-corrected chi connectivity index (χ2v) is 11.1. The van der Waals surface area contributed by atoms with Gasteiger partial charge in [-0.1, -0.05) is 41.9 Å². The van der Waals surface area contributed by atoms with Crippen LogP contribution in [0.15, 0.2) is 83.8 Å². The molecule has 1 N–H and O–H groups in total. The molecule has 3 aromatic carbocycles. The maximum absolute atomic E-state index is 13.7. The van der Waals surface area contributed by atoms with Crippen molar-refractivity contribution in [3.05, 3.63) is 95.3 Å². The van der Waals surface area contributed by atoms with Crippen molar-refractivity contribution in [2.24, 2.45) is 0 Å². The summed E-state index contributed by atoms with van der Waals surface area (Å²) in [6.45, 7) is 4.69. The van der Waals surface area contributed by atoms with E-state index >= 15 is 0 Å². The first-order chi connectivity index (χ1) is 17.5. The van der Waals surface area contributed by atoms with E-state index in [1.54, 1.807) is 61.5 Å². The predicted octanol–water partition coefficient (Wildman–Crippen LogP) is 4.62. The zero-order chi connectivity index (χ0) is 27.2. The van der Waals surface area contributed by atoms with Gasteiger partial charge in [0.15, 0.2) is 0 Å². The number of amides is 2. The fourth-order valence-electron chi connectivity index (χ4n) is 3.63. The Hall–Kier alpha value is -3.43. The molecular formula is C27H29ClFN3O4S. The quantitative estimate of drug-likeness (QED) is 0.403. The average Bonchev–Trinajstić information content (AvgIpc) is 2.86. The van der Waals surface area contributed by atoms with Crippen LogP contribution in [0.4, 0.5) is 10.1 Å². The maximum atomic E-state index is 13.7. The van der Waals surface area contributed by atoms with Gasteiger partial charge >= 0.3 is 0 Å². The third-order valence-corrected chi connectivity index (χ3v) is 7.63. The van der Waals surface area contributed by atoms with Gasteiger partial charge in [-0.05, 0) is 74.9 Å². The van der Waals surface area contributed by atoms with Gasteiger partial charge in [-0.15, -0.1) is 0 Å². The van der Waals surface area contributed by atoms with Crippen LogP contribution >= 0.6 is 11.6 Å². The molecule has 0 aliphatic carbocycles. The van der Waals surface area contributed by atoms with E-state index < -0.39 is 34.3 Å². The second-order valence-electron chi connectivity index (χ2n) is 8.79. The molecule has 0 aromatic heterocycles. The summed E-state index contributed by atoms with van der Waals surface area (Å²) in [4.78, 5) is 27.7. The first-order valence-corrected chi connectivity index (χ1v) is 13.5. The molecule has 37 heavy (non-hydrogen) atoms. The molecule has 10 heteroatoms. The molecular weight excluding hydrogens is 517 g/mol. The summed E-state index contributed by atoms with van der Waals surface area (Å²) in [6.07, 6.45) is 0. The Balaban J connectivity index is 1.99. The summed E-state index contributed by atoms with van der Waals surface area (Å²) >= 11 is 5.99. The summed E-state index contributed by atoms with van der Waals surface area (Å²) in [5, 5.41) is 3.32. The Labute approximate surface area is 221 Å². The zero-order valence-electron chi connectivity index (χ0n) is 20.8. The van der Waals surface area contributed by atoms with Crippen molar-refractivity contribution in [2.45, 2.75) is 44.3 Å². The smallest absolute Gasteiger partial charge is 0.264 e. The molecule has 196 valence electrons. The molecule has 1 unspecified atom stereocenters. The first-order valence-electron chi connectivity index (χ1n) is 11.7. The third-order valence-electron chi connectivity index (χ3n) is 5.59. The predicted molar refractivity (Wildman–Crippen MR) is 142 cm³/mol. The van der Waals surface area contributed by atoms with Crippen molar-refractivity contribution in [3.8, 4) is 0 Å². The van der Waals surface area contributed by atoms with Crippen molar-refractivity contribution < 1.29 is 22.4 Å². The van der Waals surface area contributed by atoms with Gasteiger partial charge < -0.3 is 10.2 Å². The van der Waals surface area contributed by atoms with Crippen molar-refractivity contribution in [1.29, 1.82) is 0 Å². The molecule has 0 saturated carbocycles. The molecule has 0 aliphatic heterocycles. The summed E-state index contributed by atoms with van der Waals surface area (Å²) < 4.78 is 41.6. The molecule has 7 nitrogen and oxygen atoms in total. The van der Waals surface area contributed by atoms with Gasteiger partial charge in [0.25, 0.3) is 10.0 Å². The van der Waals surface area contributed by atoms with Gasteiger partial charge in [0.2, 0.25) is 11.8 Å². The standard InChI is InChI=1S/C27H29ClFN3O4S/c1-19(2)30-27(34)20(3)31(17-21-9-11-22(28)12-10-21)26(33)18-32(24-7-5-4-6-8-24)37(35,36)25-15-13-23(29)14-16-25/h4-16,19-20H,17-18H2,1-3H3,(H,30,34). The summed E-state index contributed by atoms with van der Waals surface area (Å²) in [5.41, 5.74) is 0.973. The lowest BCUT2D eigenvalue weighted by Gasteiger charge is -2.32. The fraction of sp³-hybridized carbons (Fsp3) is 0.259. The number of anilines is 1. The lowest BCUT2D eigenvalue weighted by Crippen LogP contribution is -2.52. The van der Waals surface area contributed by atoms with Gasteiger partial charge in [0.05, 0.1) is 10.6 Å². The number of nitrogens with zero attached hydrogens (tertiary/aromatic N) is 2. The van der Waals surface area contributed by atoms with E-state index in [1.165, 1.54) is 4.90 Å². The minimum absolute atomic E-state index is 0.0575. The van der Waals surface area contributed by atoms with Gasteiger partial charge in [0.1, 0.15) is 18.4 Å². The number of carbonyl (C=O) groups is 2. The highest BCUT2D eigenvalue weighted by atomic mass is 35.5. The first kappa shape index (κ1) is 28.1. The normalized spacial score (nSPS) is 12.2. The van der Waals surface area contributed by atoms with Gasteiger partial charge in [0, 0.05) is 17.6 Å². The molecule has 0 heterocycles. The lowest BCUT2D eigenvalue weighted by atomic mass is 10.1. The Morgan fingerprint density at radius 1 is 0.919 bits per heavy atom. The molecule has 2 amide bonds. The number of rotatable bonds is 10. The van der Waals surface area contributed by atoms with Gasteiger partial charge in [-0.3, -0.25) is 13.9 Å². The average molecular weight is 546 g/mol. The number of hydrogen-bond donors (Lipinski definition) is 1. The van der Waals surface area contributed by atoms with Crippen LogP contribution < -0.4 is 9.62 Å². The molecule has 0 bridgehead atoms. The highest BCUT2D eigenvalue weighted by Gasteiger charge is 2.32. The van der Waals surface area contributed by atoms with E-state index in [0.29, 0.717) is 5.02 Å². The lowest BCUT2D eigenvalue weighted by molar-refractivity contribution is -0.139. The maximum Gasteiger partial charge on any atom is 0.264 e. The van der Waals surface area contributed by atoms with Gasteiger partial charge in [-0.25, -0.2) is 12.8 Å². The fourth-order valence-corrected chi connectivity index (χ4v) is 5.17. The summed E-state index contributed by atoms with van der Waals surface area (Å²) in [6, 6.07) is 18.3. The summed E-state index contributed by atoms with van der Waals surface area (Å²) in [7, 11) is -4.24. The minimum atomic E-state index is -4.24. The van der Waals surface area contributed by atoms with E-state index in [4.69, 9.17) is 11.6 Å². The number of hydrogen-bond acceptors (Lipinski definition) is 4. The number of carbonyl (C=O) groups excluding carboxylic acids is 2. The largest absolute Gasteiger partial charge is 0.352 e. The number of para-hydroxylation sites is 1. The minimum Gasteiger partial charge on any atom is -0.352 e. The second kappa shape index (κ2) is 12.2.